The molecule has 2 fully saturated rings. The lowest BCUT2D eigenvalue weighted by Crippen LogP contribution is -2.29. The van der Waals surface area contributed by atoms with E-state index in [4.69, 9.17) is 0 Å². The Labute approximate surface area is 103 Å². The van der Waals surface area contributed by atoms with Crippen molar-refractivity contribution in [3.63, 3.8) is 0 Å². The number of hydrogen-bond donors (Lipinski definition) is 1. The maximum absolute atomic E-state index is 4.55. The molecular weight excluding hydrogens is 210 g/mol. The number of nitrogens with zero attached hydrogens (tertiary/aromatic N) is 2. The molecule has 0 spiro atoms. The molecule has 0 aromatic carbocycles. The second kappa shape index (κ2) is 4.73. The van der Waals surface area contributed by atoms with Crippen LogP contribution in [0, 0.1) is 24.7 Å². The van der Waals surface area contributed by atoms with Crippen LogP contribution in [0.15, 0.2) is 12.3 Å². The van der Waals surface area contributed by atoms with Gasteiger partial charge in [0.2, 0.25) is 0 Å². The molecule has 92 valence electrons. The molecular formula is C14H21N3. The van der Waals surface area contributed by atoms with Crippen molar-refractivity contribution in [3.8, 4) is 0 Å². The highest BCUT2D eigenvalue weighted by atomic mass is 14.9. The zero-order chi connectivity index (χ0) is 11.7. The molecule has 3 heteroatoms. The Kier molecular flexibility index (Phi) is 3.10. The van der Waals surface area contributed by atoms with E-state index in [0.717, 1.165) is 30.0 Å². The van der Waals surface area contributed by atoms with Gasteiger partial charge in [-0.05, 0) is 63.1 Å². The highest BCUT2D eigenvalue weighted by Crippen LogP contribution is 2.38. The van der Waals surface area contributed by atoms with E-state index >= 15 is 0 Å². The van der Waals surface area contributed by atoms with Crippen LogP contribution in [0.5, 0.6) is 0 Å². The van der Waals surface area contributed by atoms with Crippen LogP contribution in [0.1, 0.15) is 30.8 Å². The molecule has 17 heavy (non-hydrogen) atoms. The minimum absolute atomic E-state index is 0.832. The average molecular weight is 231 g/mol. The van der Waals surface area contributed by atoms with Gasteiger partial charge in [-0.2, -0.15) is 0 Å². The first kappa shape index (κ1) is 11.1. The molecule has 1 saturated heterocycles. The van der Waals surface area contributed by atoms with Crippen LogP contribution in [0.3, 0.4) is 0 Å². The Morgan fingerprint density at radius 1 is 1.35 bits per heavy atom. The lowest BCUT2D eigenvalue weighted by Gasteiger charge is -2.33. The quantitative estimate of drug-likeness (QED) is 0.845. The Morgan fingerprint density at radius 2 is 2.29 bits per heavy atom. The van der Waals surface area contributed by atoms with Crippen LogP contribution in [0.2, 0.25) is 0 Å². The van der Waals surface area contributed by atoms with Gasteiger partial charge in [-0.1, -0.05) is 6.42 Å². The van der Waals surface area contributed by atoms with Gasteiger partial charge in [0.05, 0.1) is 0 Å². The smallest absolute Gasteiger partial charge is 0.125 e. The van der Waals surface area contributed by atoms with Crippen LogP contribution < -0.4 is 5.32 Å². The molecule has 2 aliphatic rings. The molecule has 1 aliphatic carbocycles. The Hall–Kier alpha value is -0.960. The van der Waals surface area contributed by atoms with Gasteiger partial charge in [-0.15, -0.1) is 0 Å². The number of hydrogen-bond acceptors (Lipinski definition) is 3. The largest absolute Gasteiger partial charge is 0.316 e. The van der Waals surface area contributed by atoms with Gasteiger partial charge in [0.1, 0.15) is 5.82 Å². The monoisotopic (exact) mass is 231 g/mol. The zero-order valence-corrected chi connectivity index (χ0v) is 10.5. The average Bonchev–Trinajstić information content (AvgIpc) is 2.78. The third kappa shape index (κ3) is 2.34. The SMILES string of the molecule is Cc1nccc(C[C@@H]2CCC[C@@H]3CNC[C@H]32)n1. The molecule has 1 aromatic heterocycles. The summed E-state index contributed by atoms with van der Waals surface area (Å²) in [5.74, 6) is 3.55. The molecule has 0 unspecified atom stereocenters. The van der Waals surface area contributed by atoms with E-state index in [1.807, 2.05) is 13.1 Å². The molecule has 1 N–H and O–H groups in total. The predicted octanol–water partition coefficient (Wildman–Crippen LogP) is 1.96. The summed E-state index contributed by atoms with van der Waals surface area (Å²) >= 11 is 0. The molecule has 1 aliphatic heterocycles. The van der Waals surface area contributed by atoms with Gasteiger partial charge >= 0.3 is 0 Å². The van der Waals surface area contributed by atoms with E-state index < -0.39 is 0 Å². The summed E-state index contributed by atoms with van der Waals surface area (Å²) in [5.41, 5.74) is 1.23. The van der Waals surface area contributed by atoms with Crippen molar-refractivity contribution in [2.45, 2.75) is 32.6 Å². The highest BCUT2D eigenvalue weighted by Gasteiger charge is 2.36. The van der Waals surface area contributed by atoms with E-state index in [1.165, 1.54) is 38.0 Å². The Morgan fingerprint density at radius 3 is 3.18 bits per heavy atom. The van der Waals surface area contributed by atoms with Crippen molar-refractivity contribution in [3.05, 3.63) is 23.8 Å². The van der Waals surface area contributed by atoms with Crippen molar-refractivity contribution in [1.82, 2.24) is 15.3 Å². The van der Waals surface area contributed by atoms with Crippen LogP contribution in [-0.4, -0.2) is 23.1 Å². The predicted molar refractivity (Wildman–Crippen MR) is 67.7 cm³/mol. The normalized spacial score (nSPS) is 32.4. The summed E-state index contributed by atoms with van der Waals surface area (Å²) in [6.45, 7) is 4.44. The molecule has 1 saturated carbocycles. The molecule has 3 rings (SSSR count). The third-order valence-corrected chi connectivity index (χ3v) is 4.45. The van der Waals surface area contributed by atoms with Crippen molar-refractivity contribution in [2.24, 2.45) is 17.8 Å². The van der Waals surface area contributed by atoms with Gasteiger partial charge in [0.25, 0.3) is 0 Å². The summed E-state index contributed by atoms with van der Waals surface area (Å²) in [5, 5.41) is 3.56. The fourth-order valence-electron chi connectivity index (χ4n) is 3.62. The van der Waals surface area contributed by atoms with Crippen LogP contribution in [0.25, 0.3) is 0 Å². The summed E-state index contributed by atoms with van der Waals surface area (Å²) in [6.07, 6.45) is 7.25. The molecule has 0 amide bonds. The fraction of sp³-hybridized carbons (Fsp3) is 0.714. The number of nitrogens with one attached hydrogen (secondary N) is 1. The summed E-state index contributed by atoms with van der Waals surface area (Å²) in [7, 11) is 0. The Bertz CT molecular complexity index is 391. The van der Waals surface area contributed by atoms with Gasteiger partial charge in [-0.3, -0.25) is 0 Å². The minimum atomic E-state index is 0.832. The van der Waals surface area contributed by atoms with E-state index in [1.54, 1.807) is 0 Å². The standard InChI is InChI=1S/C14H21N3/c1-10-16-6-5-13(17-10)7-11-3-2-4-12-8-15-9-14(11)12/h5-6,11-12,14-15H,2-4,7-9H2,1H3/t11-,12+,14-/m0/s1. The van der Waals surface area contributed by atoms with Crippen LogP contribution in [-0.2, 0) is 6.42 Å². The summed E-state index contributed by atoms with van der Waals surface area (Å²) < 4.78 is 0. The third-order valence-electron chi connectivity index (χ3n) is 4.45. The lowest BCUT2D eigenvalue weighted by atomic mass is 9.72. The molecule has 1 aromatic rings. The van der Waals surface area contributed by atoms with Gasteiger partial charge in [0.15, 0.2) is 0 Å². The first-order valence-electron chi connectivity index (χ1n) is 6.82. The number of rotatable bonds is 2. The van der Waals surface area contributed by atoms with E-state index in [-0.39, 0.29) is 0 Å². The van der Waals surface area contributed by atoms with Crippen LogP contribution >= 0.6 is 0 Å². The fourth-order valence-corrected chi connectivity index (χ4v) is 3.62. The van der Waals surface area contributed by atoms with Crippen LogP contribution in [0.4, 0.5) is 0 Å². The van der Waals surface area contributed by atoms with Gasteiger partial charge in [-0.25, -0.2) is 9.97 Å². The van der Waals surface area contributed by atoms with Crippen molar-refractivity contribution in [1.29, 1.82) is 0 Å². The maximum Gasteiger partial charge on any atom is 0.125 e. The highest BCUT2D eigenvalue weighted by molar-refractivity contribution is 5.04. The zero-order valence-electron chi connectivity index (χ0n) is 10.5. The van der Waals surface area contributed by atoms with Crippen molar-refractivity contribution < 1.29 is 0 Å². The molecule has 3 atom stereocenters. The Balaban J connectivity index is 1.71. The summed E-state index contributed by atoms with van der Waals surface area (Å²) in [6, 6.07) is 2.08. The molecule has 2 heterocycles. The summed E-state index contributed by atoms with van der Waals surface area (Å²) in [4.78, 5) is 8.73. The number of aromatic nitrogens is 2. The topological polar surface area (TPSA) is 37.8 Å². The first-order valence-corrected chi connectivity index (χ1v) is 6.82. The first-order chi connectivity index (χ1) is 8.33. The minimum Gasteiger partial charge on any atom is -0.316 e. The van der Waals surface area contributed by atoms with Gasteiger partial charge in [0, 0.05) is 11.9 Å². The maximum atomic E-state index is 4.55. The van der Waals surface area contributed by atoms with Gasteiger partial charge < -0.3 is 5.32 Å². The van der Waals surface area contributed by atoms with E-state index in [2.05, 4.69) is 21.4 Å². The van der Waals surface area contributed by atoms with E-state index in [0.29, 0.717) is 0 Å². The lowest BCUT2D eigenvalue weighted by molar-refractivity contribution is 0.197. The molecule has 3 nitrogen and oxygen atoms in total. The second-order valence-electron chi connectivity index (χ2n) is 5.57. The second-order valence-corrected chi connectivity index (χ2v) is 5.57. The number of fused-ring (bicyclic) bond motifs is 1. The molecule has 0 bridgehead atoms. The molecule has 0 radical (unpaired) electrons. The van der Waals surface area contributed by atoms with E-state index in [9.17, 15) is 0 Å². The van der Waals surface area contributed by atoms with Crippen molar-refractivity contribution in [2.75, 3.05) is 13.1 Å². The number of aryl methyl sites for hydroxylation is 1. The van der Waals surface area contributed by atoms with Crippen molar-refractivity contribution >= 4 is 0 Å².